The van der Waals surface area contributed by atoms with Crippen molar-refractivity contribution in [1.82, 2.24) is 10.9 Å². The van der Waals surface area contributed by atoms with E-state index in [9.17, 15) is 24.0 Å². The van der Waals surface area contributed by atoms with E-state index in [2.05, 4.69) is 33.7 Å². The highest BCUT2D eigenvalue weighted by Crippen LogP contribution is 2.42. The predicted molar refractivity (Wildman–Crippen MR) is 129 cm³/mol. The summed E-state index contributed by atoms with van der Waals surface area (Å²) in [6.07, 6.45) is 2.27. The highest BCUT2D eigenvalue weighted by atomic mass is 79.9. The molecular formula is C25H24BrN3O6. The normalized spacial score (nSPS) is 21.3. The summed E-state index contributed by atoms with van der Waals surface area (Å²) >= 11 is 3.27. The molecule has 2 aliphatic rings. The molecule has 0 radical (unpaired) electrons. The summed E-state index contributed by atoms with van der Waals surface area (Å²) in [6.45, 7) is 1.45. The molecule has 0 spiro atoms. The van der Waals surface area contributed by atoms with E-state index in [0.29, 0.717) is 30.0 Å². The van der Waals surface area contributed by atoms with Crippen LogP contribution >= 0.6 is 15.9 Å². The van der Waals surface area contributed by atoms with Crippen LogP contribution in [0.25, 0.3) is 0 Å². The summed E-state index contributed by atoms with van der Waals surface area (Å²) < 4.78 is 5.83. The molecule has 2 aromatic carbocycles. The average Bonchev–Trinajstić information content (AvgIpc) is 3.10. The molecule has 4 amide bonds. The van der Waals surface area contributed by atoms with E-state index in [-0.39, 0.29) is 29.2 Å². The van der Waals surface area contributed by atoms with Crippen LogP contribution < -0.4 is 15.8 Å². The van der Waals surface area contributed by atoms with E-state index in [1.807, 2.05) is 0 Å². The smallest absolute Gasteiger partial charge is 0.338 e. The molecule has 2 N–H and O–H groups in total. The van der Waals surface area contributed by atoms with Gasteiger partial charge in [0, 0.05) is 10.0 Å². The van der Waals surface area contributed by atoms with Crippen molar-refractivity contribution >= 4 is 51.2 Å². The average molecular weight is 542 g/mol. The zero-order chi connectivity index (χ0) is 25.1. The van der Waals surface area contributed by atoms with Gasteiger partial charge in [0.1, 0.15) is 0 Å². The third kappa shape index (κ3) is 5.43. The van der Waals surface area contributed by atoms with Crippen molar-refractivity contribution in [2.75, 3.05) is 11.5 Å². The lowest BCUT2D eigenvalue weighted by Crippen LogP contribution is -2.43. The molecule has 1 saturated carbocycles. The number of halogens is 1. The van der Waals surface area contributed by atoms with Gasteiger partial charge in [-0.05, 0) is 67.6 Å². The van der Waals surface area contributed by atoms with Gasteiger partial charge in [-0.1, -0.05) is 28.9 Å². The highest BCUT2D eigenvalue weighted by molar-refractivity contribution is 9.10. The maximum Gasteiger partial charge on any atom is 0.338 e. The summed E-state index contributed by atoms with van der Waals surface area (Å²) in [5.41, 5.74) is 5.15. The first-order valence-electron chi connectivity index (χ1n) is 11.2. The molecule has 1 heterocycles. The number of benzene rings is 2. The van der Waals surface area contributed by atoms with Crippen molar-refractivity contribution in [3.63, 3.8) is 0 Å². The lowest BCUT2D eigenvalue weighted by molar-refractivity contribution is -0.125. The number of nitrogens with zero attached hydrogens (tertiary/aromatic N) is 1. The largest absolute Gasteiger partial charge is 0.452 e. The Labute approximate surface area is 210 Å². The number of nitrogens with one attached hydrogen (secondary N) is 2. The Balaban J connectivity index is 1.33. The van der Waals surface area contributed by atoms with Crippen LogP contribution in [0.4, 0.5) is 5.69 Å². The molecule has 2 aromatic rings. The summed E-state index contributed by atoms with van der Waals surface area (Å²) in [6, 6.07) is 12.5. The van der Waals surface area contributed by atoms with Crippen molar-refractivity contribution in [2.45, 2.75) is 26.2 Å². The van der Waals surface area contributed by atoms with E-state index >= 15 is 0 Å². The van der Waals surface area contributed by atoms with Crippen molar-refractivity contribution in [3.8, 4) is 0 Å². The molecule has 4 rings (SSSR count). The fraction of sp³-hybridized carbons (Fsp3) is 0.320. The second-order valence-corrected chi connectivity index (χ2v) is 9.69. The number of imide groups is 1. The molecule has 35 heavy (non-hydrogen) atoms. The Morgan fingerprint density at radius 2 is 1.69 bits per heavy atom. The van der Waals surface area contributed by atoms with Gasteiger partial charge in [-0.25, -0.2) is 4.79 Å². The molecule has 10 heteroatoms. The van der Waals surface area contributed by atoms with Crippen molar-refractivity contribution in [1.29, 1.82) is 0 Å². The van der Waals surface area contributed by atoms with E-state index in [1.165, 1.54) is 12.1 Å². The zero-order valence-electron chi connectivity index (χ0n) is 19.0. The second kappa shape index (κ2) is 10.4. The lowest BCUT2D eigenvalue weighted by Gasteiger charge is -2.25. The molecule has 0 bridgehead atoms. The van der Waals surface area contributed by atoms with Gasteiger partial charge in [-0.2, -0.15) is 0 Å². The first-order valence-corrected chi connectivity index (χ1v) is 12.0. The molecule has 182 valence electrons. The van der Waals surface area contributed by atoms with Crippen molar-refractivity contribution in [3.05, 3.63) is 64.1 Å². The molecular weight excluding hydrogens is 518 g/mol. The van der Waals surface area contributed by atoms with E-state index in [4.69, 9.17) is 4.74 Å². The third-order valence-corrected chi connectivity index (χ3v) is 6.81. The molecule has 2 fully saturated rings. The van der Waals surface area contributed by atoms with E-state index < -0.39 is 24.4 Å². The van der Waals surface area contributed by atoms with Crippen LogP contribution in [-0.2, 0) is 19.1 Å². The van der Waals surface area contributed by atoms with Crippen LogP contribution in [-0.4, -0.2) is 36.2 Å². The Kier molecular flexibility index (Phi) is 7.30. The van der Waals surface area contributed by atoms with Crippen molar-refractivity contribution < 1.29 is 28.7 Å². The van der Waals surface area contributed by atoms with Crippen LogP contribution in [0.2, 0.25) is 0 Å². The van der Waals surface area contributed by atoms with Gasteiger partial charge in [0.25, 0.3) is 11.8 Å². The summed E-state index contributed by atoms with van der Waals surface area (Å²) in [7, 11) is 0. The predicted octanol–water partition coefficient (Wildman–Crippen LogP) is 2.99. The number of esters is 1. The standard InChI is InChI=1S/C25H24BrN3O6/c1-14-5-10-19-20(11-14)24(33)29(23(19)32)18-4-2-3-16(12-18)25(34)35-13-21(30)27-28-22(31)15-6-8-17(26)9-7-15/h2-4,6-9,12,14,19-20H,5,10-11,13H2,1H3,(H,27,30)(H,28,31)/t14-,19+,20-/m1/s1. The number of amides is 4. The molecule has 0 unspecified atom stereocenters. The minimum Gasteiger partial charge on any atom is -0.452 e. The Bertz CT molecular complexity index is 1180. The highest BCUT2D eigenvalue weighted by Gasteiger charge is 2.50. The van der Waals surface area contributed by atoms with Crippen molar-refractivity contribution in [2.24, 2.45) is 17.8 Å². The molecule has 0 aromatic heterocycles. The maximum atomic E-state index is 12.9. The van der Waals surface area contributed by atoms with Crippen LogP contribution in [0, 0.1) is 17.8 Å². The third-order valence-electron chi connectivity index (χ3n) is 6.28. The van der Waals surface area contributed by atoms with Crippen LogP contribution in [0.5, 0.6) is 0 Å². The van der Waals surface area contributed by atoms with E-state index in [0.717, 1.165) is 15.8 Å². The van der Waals surface area contributed by atoms with Gasteiger partial charge >= 0.3 is 5.97 Å². The number of hydrogen-bond acceptors (Lipinski definition) is 6. The Morgan fingerprint density at radius 3 is 2.43 bits per heavy atom. The molecule has 9 nitrogen and oxygen atoms in total. The summed E-state index contributed by atoms with van der Waals surface area (Å²) in [5, 5.41) is 0. The van der Waals surface area contributed by atoms with Gasteiger partial charge in [0.15, 0.2) is 6.61 Å². The summed E-state index contributed by atoms with van der Waals surface area (Å²) in [5.74, 6) is -2.78. The number of rotatable bonds is 5. The maximum absolute atomic E-state index is 12.9. The van der Waals surface area contributed by atoms with Gasteiger partial charge in [-0.15, -0.1) is 0 Å². The first kappa shape index (κ1) is 24.6. The topological polar surface area (TPSA) is 122 Å². The number of carbonyl (C=O) groups excluding carboxylic acids is 5. The molecule has 1 aliphatic carbocycles. The SMILES string of the molecule is C[C@@H]1CC[C@@H]2C(=O)N(c3cccc(C(=O)OCC(=O)NNC(=O)c4ccc(Br)cc4)c3)C(=O)[C@@H]2C1. The number of hydrogen-bond donors (Lipinski definition) is 2. The second-order valence-electron chi connectivity index (χ2n) is 8.78. The Morgan fingerprint density at radius 1 is 0.971 bits per heavy atom. The molecule has 1 saturated heterocycles. The Hall–Kier alpha value is -3.53. The van der Waals surface area contributed by atoms with Crippen LogP contribution in [0.1, 0.15) is 46.9 Å². The first-order chi connectivity index (χ1) is 16.7. The minimum atomic E-state index is -0.800. The number of carbonyl (C=O) groups is 5. The molecule has 3 atom stereocenters. The van der Waals surface area contributed by atoms with Crippen LogP contribution in [0.3, 0.4) is 0 Å². The van der Waals surface area contributed by atoms with Crippen LogP contribution in [0.15, 0.2) is 53.0 Å². The number of ether oxygens (including phenoxy) is 1. The van der Waals surface area contributed by atoms with Gasteiger partial charge in [0.2, 0.25) is 11.8 Å². The fourth-order valence-electron chi connectivity index (χ4n) is 4.47. The number of hydrazine groups is 1. The van der Waals surface area contributed by atoms with E-state index in [1.54, 1.807) is 36.4 Å². The fourth-order valence-corrected chi connectivity index (χ4v) is 4.73. The number of fused-ring (bicyclic) bond motifs is 1. The minimum absolute atomic E-state index is 0.0954. The lowest BCUT2D eigenvalue weighted by atomic mass is 9.76. The van der Waals surface area contributed by atoms with Gasteiger partial charge in [0.05, 0.1) is 23.1 Å². The van der Waals surface area contributed by atoms with Gasteiger partial charge < -0.3 is 4.74 Å². The monoisotopic (exact) mass is 541 g/mol. The molecule has 1 aliphatic heterocycles. The zero-order valence-corrected chi connectivity index (χ0v) is 20.5. The summed E-state index contributed by atoms with van der Waals surface area (Å²) in [4.78, 5) is 63.5. The number of anilines is 1. The van der Waals surface area contributed by atoms with Gasteiger partial charge in [-0.3, -0.25) is 34.9 Å². The quantitative estimate of drug-likeness (QED) is 0.341.